The highest BCUT2D eigenvalue weighted by atomic mass is 32.3. The number of rotatable bonds is 47. The fraction of sp³-hybridized carbons (Fsp3) is 0.838. The number of hydrogen-bond acceptors (Lipinski definition) is 18. The minimum atomic E-state index is -4.43. The van der Waals surface area contributed by atoms with Crippen molar-refractivity contribution in [1.29, 1.82) is 0 Å². The van der Waals surface area contributed by atoms with E-state index >= 15 is 0 Å². The van der Waals surface area contributed by atoms with Crippen LogP contribution in [0, 0.1) is 6.92 Å². The summed E-state index contributed by atoms with van der Waals surface area (Å²) in [5, 5.41) is 0. The summed E-state index contributed by atoms with van der Waals surface area (Å²) in [6.07, 6.45) is 0. The summed E-state index contributed by atoms with van der Waals surface area (Å²) in [6.45, 7) is 14.8. The Bertz CT molecular complexity index is 1050. The summed E-state index contributed by atoms with van der Waals surface area (Å²) in [6, 6.07) is 7.93. The van der Waals surface area contributed by atoms with Gasteiger partial charge in [-0.3, -0.25) is 4.55 Å². The maximum atomic E-state index is 10.4. The highest BCUT2D eigenvalue weighted by Crippen LogP contribution is 2.10. The van der Waals surface area contributed by atoms with Gasteiger partial charge in [0.05, 0.1) is 192 Å². The van der Waals surface area contributed by atoms with Crippen molar-refractivity contribution >= 4 is 10.4 Å². The van der Waals surface area contributed by atoms with Crippen molar-refractivity contribution in [1.82, 2.24) is 0 Å². The number of hydrogen-bond donors (Lipinski definition) is 1. The molecule has 0 aliphatic carbocycles. The fourth-order valence-corrected chi connectivity index (χ4v) is 4.29. The van der Waals surface area contributed by atoms with Crippen LogP contribution >= 0.6 is 0 Å². The summed E-state index contributed by atoms with van der Waals surface area (Å²) in [5.41, 5.74) is 1.20. The number of ether oxygens (including phenoxy) is 15. The molecule has 1 N–H and O–H groups in total. The predicted octanol–water partition coefficient (Wildman–Crippen LogP) is 1.43. The second-order valence-corrected chi connectivity index (χ2v) is 12.6. The zero-order valence-electron chi connectivity index (χ0n) is 33.7. The lowest BCUT2D eigenvalue weighted by molar-refractivity contribution is -0.0298. The summed E-state index contributed by atoms with van der Waals surface area (Å²) < 4.78 is 115. The monoisotopic (exact) mass is 848 g/mol. The molecule has 0 radical (unpaired) electrons. The highest BCUT2D eigenvalue weighted by Gasteiger charge is 2.03. The Morgan fingerprint density at radius 2 is 0.526 bits per heavy atom. The molecule has 0 unspecified atom stereocenters. The van der Waals surface area contributed by atoms with Crippen LogP contribution in [0.3, 0.4) is 0 Å². The van der Waals surface area contributed by atoms with Gasteiger partial charge in [0.1, 0.15) is 12.4 Å². The molecule has 0 heterocycles. The molecule has 0 aliphatic heterocycles. The Hall–Kier alpha value is -1.67. The molecule has 0 fully saturated rings. The van der Waals surface area contributed by atoms with Crippen LogP contribution in [0.25, 0.3) is 0 Å². The average molecular weight is 849 g/mol. The van der Waals surface area contributed by atoms with E-state index in [-0.39, 0.29) is 19.8 Å². The molecule has 0 saturated heterocycles. The zero-order valence-corrected chi connectivity index (χ0v) is 34.5. The van der Waals surface area contributed by atoms with E-state index in [0.29, 0.717) is 178 Å². The van der Waals surface area contributed by atoms with Gasteiger partial charge in [-0.2, -0.15) is 8.42 Å². The molecule has 1 aromatic rings. The lowest BCUT2D eigenvalue weighted by atomic mass is 10.2. The first-order valence-electron chi connectivity index (χ1n) is 19.4. The minimum Gasteiger partial charge on any atom is -0.491 e. The molecule has 336 valence electrons. The molecule has 0 amide bonds. The van der Waals surface area contributed by atoms with Gasteiger partial charge in [-0.15, -0.1) is 0 Å². The van der Waals surface area contributed by atoms with Crippen molar-refractivity contribution in [2.75, 3.05) is 198 Å². The van der Waals surface area contributed by atoms with E-state index in [1.54, 1.807) is 0 Å². The minimum absolute atomic E-state index is 0.0267. The van der Waals surface area contributed by atoms with Crippen molar-refractivity contribution in [2.24, 2.45) is 0 Å². The lowest BCUT2D eigenvalue weighted by Gasteiger charge is -2.09. The molecule has 0 saturated carbocycles. The first-order valence-corrected chi connectivity index (χ1v) is 20.7. The maximum absolute atomic E-state index is 10.4. The van der Waals surface area contributed by atoms with Crippen molar-refractivity contribution in [2.45, 2.75) is 6.92 Å². The van der Waals surface area contributed by atoms with Gasteiger partial charge in [-0.05, 0) is 19.1 Å². The predicted molar refractivity (Wildman–Crippen MR) is 206 cm³/mol. The van der Waals surface area contributed by atoms with E-state index in [1.807, 2.05) is 31.2 Å². The van der Waals surface area contributed by atoms with Gasteiger partial charge in [0.15, 0.2) is 0 Å². The van der Waals surface area contributed by atoms with Crippen LogP contribution in [0.4, 0.5) is 0 Å². The van der Waals surface area contributed by atoms with Crippen LogP contribution in [0.2, 0.25) is 0 Å². The maximum Gasteiger partial charge on any atom is 0.397 e. The molecule has 1 rings (SSSR count). The lowest BCUT2D eigenvalue weighted by Crippen LogP contribution is -2.16. The molecular weight excluding hydrogens is 780 g/mol. The van der Waals surface area contributed by atoms with Gasteiger partial charge in [0.2, 0.25) is 0 Å². The Kier molecular flexibility index (Phi) is 39.7. The molecular formula is C37H68O19S. The summed E-state index contributed by atoms with van der Waals surface area (Å²) in [5.74, 6) is 0.844. The molecule has 0 bridgehead atoms. The van der Waals surface area contributed by atoms with E-state index in [9.17, 15) is 8.42 Å². The quantitative estimate of drug-likeness (QED) is 0.0728. The largest absolute Gasteiger partial charge is 0.491 e. The van der Waals surface area contributed by atoms with Gasteiger partial charge in [0.25, 0.3) is 0 Å². The third kappa shape index (κ3) is 43.7. The summed E-state index contributed by atoms with van der Waals surface area (Å²) >= 11 is 0. The van der Waals surface area contributed by atoms with Gasteiger partial charge in [-0.1, -0.05) is 17.7 Å². The summed E-state index contributed by atoms with van der Waals surface area (Å²) in [4.78, 5) is 0. The van der Waals surface area contributed by atoms with Gasteiger partial charge >= 0.3 is 10.4 Å². The third-order valence-corrected chi connectivity index (χ3v) is 7.28. The molecule has 0 spiro atoms. The van der Waals surface area contributed by atoms with Crippen LogP contribution in [0.15, 0.2) is 24.3 Å². The normalized spacial score (nSPS) is 11.8. The SMILES string of the molecule is Cc1ccc(OCCOCCOCCOCCOCCOCCOCCOCCOCCOCCOCCOCCOCCOCCOCCOS(=O)(=O)O)cc1. The average Bonchev–Trinajstić information content (AvgIpc) is 3.19. The smallest absolute Gasteiger partial charge is 0.397 e. The molecule has 0 aromatic heterocycles. The van der Waals surface area contributed by atoms with Gasteiger partial charge in [0, 0.05) is 0 Å². The fourth-order valence-electron chi connectivity index (χ4n) is 4.01. The van der Waals surface area contributed by atoms with Gasteiger partial charge < -0.3 is 71.1 Å². The molecule has 20 heteroatoms. The van der Waals surface area contributed by atoms with E-state index < -0.39 is 10.4 Å². The second kappa shape index (κ2) is 42.5. The first-order chi connectivity index (χ1) is 28.0. The molecule has 0 atom stereocenters. The van der Waals surface area contributed by atoms with Crippen LogP contribution < -0.4 is 4.74 Å². The Balaban J connectivity index is 1.61. The molecule has 0 aliphatic rings. The first kappa shape index (κ1) is 53.3. The molecule has 1 aromatic carbocycles. The highest BCUT2D eigenvalue weighted by molar-refractivity contribution is 7.80. The van der Waals surface area contributed by atoms with Crippen LogP contribution in [-0.4, -0.2) is 211 Å². The van der Waals surface area contributed by atoms with Gasteiger partial charge in [-0.25, -0.2) is 4.18 Å². The van der Waals surface area contributed by atoms with E-state index in [4.69, 9.17) is 75.6 Å². The Morgan fingerprint density at radius 1 is 0.333 bits per heavy atom. The van der Waals surface area contributed by atoms with Crippen molar-refractivity contribution in [3.05, 3.63) is 29.8 Å². The van der Waals surface area contributed by atoms with Crippen LogP contribution in [0.5, 0.6) is 5.75 Å². The van der Waals surface area contributed by atoms with Crippen molar-refractivity contribution in [3.8, 4) is 5.75 Å². The number of benzene rings is 1. The second-order valence-electron chi connectivity index (χ2n) is 11.5. The van der Waals surface area contributed by atoms with E-state index in [1.165, 1.54) is 5.56 Å². The molecule has 19 nitrogen and oxygen atoms in total. The number of aryl methyl sites for hydroxylation is 1. The topological polar surface area (TPSA) is 202 Å². The standard InChI is InChI=1S/C37H68O19S/c1-36-2-4-37(5-3-36)55-34-32-53-30-28-51-26-24-49-22-20-47-18-16-45-14-12-43-10-8-41-6-7-42-9-11-44-13-15-46-17-19-48-21-23-50-25-27-52-29-31-54-33-35-56-57(38,39)40/h2-5H,6-35H2,1H3,(H,38,39,40). The van der Waals surface area contributed by atoms with E-state index in [2.05, 4.69) is 4.18 Å². The summed E-state index contributed by atoms with van der Waals surface area (Å²) in [7, 11) is -4.43. The Morgan fingerprint density at radius 3 is 0.737 bits per heavy atom. The van der Waals surface area contributed by atoms with Crippen LogP contribution in [0.1, 0.15) is 5.56 Å². The molecule has 57 heavy (non-hydrogen) atoms. The van der Waals surface area contributed by atoms with Crippen LogP contribution in [-0.2, 0) is 80.9 Å². The third-order valence-electron chi connectivity index (χ3n) is 6.81. The van der Waals surface area contributed by atoms with Crippen molar-refractivity contribution < 1.29 is 88.2 Å². The van der Waals surface area contributed by atoms with Crippen molar-refractivity contribution in [3.63, 3.8) is 0 Å². The zero-order chi connectivity index (χ0) is 41.0. The Labute approximate surface area is 338 Å². The van der Waals surface area contributed by atoms with E-state index in [0.717, 1.165) is 5.75 Å².